The lowest BCUT2D eigenvalue weighted by atomic mass is 9.86. The van der Waals surface area contributed by atoms with Gasteiger partial charge in [-0.25, -0.2) is 15.0 Å². The fourth-order valence-electron chi connectivity index (χ4n) is 6.73. The van der Waals surface area contributed by atoms with E-state index in [2.05, 4.69) is 32.2 Å². The van der Waals surface area contributed by atoms with Crippen LogP contribution in [-0.2, 0) is 9.53 Å². The van der Waals surface area contributed by atoms with Crippen LogP contribution < -0.4 is 5.32 Å². The number of carbonyl (C=O) groups is 1. The number of aliphatic imine (C=N–C) groups is 3. The first-order valence-electron chi connectivity index (χ1n) is 14.3. The topological polar surface area (TPSA) is 116 Å². The van der Waals surface area contributed by atoms with Gasteiger partial charge in [-0.1, -0.05) is 13.8 Å². The Bertz CT molecular complexity index is 1650. The lowest BCUT2D eigenvalue weighted by Crippen LogP contribution is -2.16. The Hall–Kier alpha value is -4.04. The third-order valence-corrected chi connectivity index (χ3v) is 9.23. The van der Waals surface area contributed by atoms with Crippen molar-refractivity contribution in [3.05, 3.63) is 91.5 Å². The molecule has 8 nitrogen and oxygen atoms in total. The molecule has 8 heteroatoms. The number of methoxy groups -OCH3 is 1. The molecule has 0 aromatic heterocycles. The smallest absolute Gasteiger partial charge is 0.305 e. The van der Waals surface area contributed by atoms with Gasteiger partial charge in [-0.05, 0) is 74.1 Å². The van der Waals surface area contributed by atoms with Gasteiger partial charge in [0, 0.05) is 52.8 Å². The van der Waals surface area contributed by atoms with E-state index in [1.165, 1.54) is 7.11 Å². The van der Waals surface area contributed by atoms with Crippen molar-refractivity contribution in [1.29, 1.82) is 0 Å². The van der Waals surface area contributed by atoms with Crippen LogP contribution in [0.2, 0.25) is 0 Å². The third kappa shape index (κ3) is 4.23. The summed E-state index contributed by atoms with van der Waals surface area (Å²) in [6, 6.07) is 0. The van der Waals surface area contributed by atoms with Crippen LogP contribution >= 0.6 is 0 Å². The lowest BCUT2D eigenvalue weighted by molar-refractivity contribution is -0.140. The molecule has 1 fully saturated rings. The molecule has 6 aliphatic rings. The van der Waals surface area contributed by atoms with E-state index < -0.39 is 0 Å². The van der Waals surface area contributed by atoms with Crippen molar-refractivity contribution >= 4 is 23.1 Å². The number of hydrogen-bond donors (Lipinski definition) is 3. The summed E-state index contributed by atoms with van der Waals surface area (Å²) >= 11 is 0. The van der Waals surface area contributed by atoms with Gasteiger partial charge in [-0.15, -0.1) is 0 Å². The summed E-state index contributed by atoms with van der Waals surface area (Å²) in [5.74, 6) is 0.123. The lowest BCUT2D eigenvalue weighted by Gasteiger charge is -2.17. The average Bonchev–Trinajstić information content (AvgIpc) is 3.70. The molecule has 0 aromatic carbocycles. The van der Waals surface area contributed by atoms with Crippen LogP contribution in [0.1, 0.15) is 60.3 Å². The van der Waals surface area contributed by atoms with Gasteiger partial charge < -0.3 is 20.3 Å². The molecule has 5 aliphatic heterocycles. The summed E-state index contributed by atoms with van der Waals surface area (Å²) in [7, 11) is 1.41. The SMILES string of the molecule is CCC1=C(C)C2=NC1=CC1=C(C)C3=C(O)CC(=C4NC(=CC5=NC(=C2)C(CO)=C5C)[C@@H](C)[C@@H]4CCC(=O)OC)C3=N1. The van der Waals surface area contributed by atoms with E-state index in [1.54, 1.807) is 0 Å². The van der Waals surface area contributed by atoms with Crippen LogP contribution in [0.25, 0.3) is 0 Å². The molecule has 0 saturated carbocycles. The predicted octanol–water partition coefficient (Wildman–Crippen LogP) is 5.60. The summed E-state index contributed by atoms with van der Waals surface area (Å²) < 4.78 is 4.95. The normalized spacial score (nSPS) is 25.0. The Morgan fingerprint density at radius 2 is 1.71 bits per heavy atom. The Labute approximate surface area is 240 Å². The Balaban J connectivity index is 1.59. The molecule has 0 radical (unpaired) electrons. The van der Waals surface area contributed by atoms with Gasteiger partial charge in [0.2, 0.25) is 0 Å². The molecule has 8 bridgehead atoms. The highest BCUT2D eigenvalue weighted by Crippen LogP contribution is 2.46. The van der Waals surface area contributed by atoms with Gasteiger partial charge in [0.1, 0.15) is 5.76 Å². The summed E-state index contributed by atoms with van der Waals surface area (Å²) in [5, 5.41) is 25.1. The number of hydrogen-bond acceptors (Lipinski definition) is 8. The van der Waals surface area contributed by atoms with Gasteiger partial charge in [-0.3, -0.25) is 4.79 Å². The monoisotopic (exact) mass is 552 g/mol. The highest BCUT2D eigenvalue weighted by molar-refractivity contribution is 6.21. The number of allylic oxidation sites excluding steroid dienone is 11. The Morgan fingerprint density at radius 1 is 1.02 bits per heavy atom. The number of carbonyl (C=O) groups excluding carboxylic acids is 1. The van der Waals surface area contributed by atoms with Crippen molar-refractivity contribution < 1.29 is 19.7 Å². The summed E-state index contributed by atoms with van der Waals surface area (Å²) in [5.41, 5.74) is 13.4. The van der Waals surface area contributed by atoms with Crippen LogP contribution in [0.3, 0.4) is 0 Å². The molecular formula is C33H36N4O4. The first-order valence-corrected chi connectivity index (χ1v) is 14.3. The maximum atomic E-state index is 12.2. The van der Waals surface area contributed by atoms with E-state index in [9.17, 15) is 15.0 Å². The zero-order valence-corrected chi connectivity index (χ0v) is 24.5. The average molecular weight is 553 g/mol. The molecule has 3 N–H and O–H groups in total. The molecule has 0 unspecified atom stereocenters. The van der Waals surface area contributed by atoms with Gasteiger partial charge >= 0.3 is 5.97 Å². The summed E-state index contributed by atoms with van der Waals surface area (Å²) in [4.78, 5) is 27.2. The number of esters is 1. The van der Waals surface area contributed by atoms with E-state index >= 15 is 0 Å². The van der Waals surface area contributed by atoms with Gasteiger partial charge in [0.05, 0.1) is 47.9 Å². The Morgan fingerprint density at radius 3 is 2.39 bits per heavy atom. The largest absolute Gasteiger partial charge is 0.511 e. The number of aliphatic hydroxyl groups is 2. The summed E-state index contributed by atoms with van der Waals surface area (Å²) in [6.45, 7) is 10.2. The number of fused-ring (bicyclic) bond motifs is 5. The molecule has 0 amide bonds. The van der Waals surface area contributed by atoms with Crippen molar-refractivity contribution in [2.75, 3.05) is 13.7 Å². The van der Waals surface area contributed by atoms with Crippen molar-refractivity contribution in [2.45, 2.75) is 60.3 Å². The maximum Gasteiger partial charge on any atom is 0.305 e. The molecule has 0 spiro atoms. The van der Waals surface area contributed by atoms with Gasteiger partial charge in [-0.2, -0.15) is 0 Å². The second-order valence-electron chi connectivity index (χ2n) is 11.4. The van der Waals surface area contributed by atoms with Crippen molar-refractivity contribution in [2.24, 2.45) is 26.8 Å². The quantitative estimate of drug-likeness (QED) is 0.384. The number of nitrogens with one attached hydrogen (secondary N) is 1. The summed E-state index contributed by atoms with van der Waals surface area (Å²) in [6.07, 6.45) is 8.12. The third-order valence-electron chi connectivity index (χ3n) is 9.23. The molecular weight excluding hydrogens is 516 g/mol. The van der Waals surface area contributed by atoms with Gasteiger partial charge in [0.15, 0.2) is 0 Å². The van der Waals surface area contributed by atoms with Gasteiger partial charge in [0.25, 0.3) is 0 Å². The predicted molar refractivity (Wildman–Crippen MR) is 160 cm³/mol. The number of ether oxygens (including phenoxy) is 1. The highest BCUT2D eigenvalue weighted by atomic mass is 16.5. The Kier molecular flexibility index (Phi) is 6.69. The van der Waals surface area contributed by atoms with Crippen LogP contribution in [0, 0.1) is 11.8 Å². The molecule has 1 aliphatic carbocycles. The minimum absolute atomic E-state index is 0.000975. The van der Waals surface area contributed by atoms with Crippen LogP contribution in [-0.4, -0.2) is 47.0 Å². The molecule has 0 aromatic rings. The standard InChI is InChI=1S/C33H36N4O4/c1-7-19-15(2)24-12-28-22(14-38)17(4)23(35-28)11-25-16(3)20(8-9-30(40)41-6)32(36-25)21-10-29(39)31-18(5)26(37-33(21)31)13-27(19)34-24/h11-13,16,20,36,38-39H,7-10,14H2,1-6H3/t16-,20-/m0/s1. The fraction of sp³-hybridized carbons (Fsp3) is 0.394. The van der Waals surface area contributed by atoms with Crippen molar-refractivity contribution in [3.8, 4) is 0 Å². The van der Waals surface area contributed by atoms with Crippen molar-refractivity contribution in [3.63, 3.8) is 0 Å². The minimum atomic E-state index is -0.247. The van der Waals surface area contributed by atoms with E-state index in [4.69, 9.17) is 19.7 Å². The minimum Gasteiger partial charge on any atom is -0.511 e. The first kappa shape index (κ1) is 27.1. The molecule has 1 saturated heterocycles. The zero-order valence-electron chi connectivity index (χ0n) is 24.5. The molecule has 2 atom stereocenters. The van der Waals surface area contributed by atoms with E-state index in [1.807, 2.05) is 26.0 Å². The molecule has 212 valence electrons. The van der Waals surface area contributed by atoms with Crippen LogP contribution in [0.15, 0.2) is 106 Å². The zero-order chi connectivity index (χ0) is 29.2. The van der Waals surface area contributed by atoms with E-state index in [-0.39, 0.29) is 30.8 Å². The van der Waals surface area contributed by atoms with Crippen LogP contribution in [0.4, 0.5) is 0 Å². The second-order valence-corrected chi connectivity index (χ2v) is 11.4. The molecule has 5 heterocycles. The number of nitrogens with zero attached hydrogens (tertiary/aromatic N) is 3. The van der Waals surface area contributed by atoms with Crippen molar-refractivity contribution in [1.82, 2.24) is 5.32 Å². The number of aliphatic hydroxyl groups excluding tert-OH is 2. The molecule has 6 rings (SSSR count). The maximum absolute atomic E-state index is 12.2. The van der Waals surface area contributed by atoms with E-state index in [0.717, 1.165) is 91.1 Å². The second kappa shape index (κ2) is 10.1. The first-order chi connectivity index (χ1) is 19.7. The van der Waals surface area contributed by atoms with E-state index in [0.29, 0.717) is 18.6 Å². The number of rotatable bonds is 5. The van der Waals surface area contributed by atoms with Crippen LogP contribution in [0.5, 0.6) is 0 Å². The fourth-order valence-corrected chi connectivity index (χ4v) is 6.73. The molecule has 41 heavy (non-hydrogen) atoms. The highest BCUT2D eigenvalue weighted by Gasteiger charge is 2.41.